The number of hydrogen-bond donors (Lipinski definition) is 0. The molecule has 0 radical (unpaired) electrons. The molecule has 1 saturated carbocycles. The molecule has 2 heterocycles. The largest absolute Gasteiger partial charge is 0.376 e. The molecule has 0 aromatic heterocycles. The van der Waals surface area contributed by atoms with Crippen molar-refractivity contribution in [3.8, 4) is 0 Å². The van der Waals surface area contributed by atoms with Gasteiger partial charge >= 0.3 is 0 Å². The number of rotatable bonds is 2. The highest BCUT2D eigenvalue weighted by Crippen LogP contribution is 2.33. The Morgan fingerprint density at radius 2 is 1.86 bits per heavy atom. The first-order valence-corrected chi connectivity index (χ1v) is 7.83. The lowest BCUT2D eigenvalue weighted by Crippen LogP contribution is -2.60. The molecule has 6 heteroatoms. The first kappa shape index (κ1) is 14.8. The van der Waals surface area contributed by atoms with E-state index in [9.17, 15) is 9.59 Å². The molecule has 0 N–H and O–H groups in total. The summed E-state index contributed by atoms with van der Waals surface area (Å²) in [6.07, 6.45) is 3.03. The molecule has 1 unspecified atom stereocenters. The van der Waals surface area contributed by atoms with Gasteiger partial charge in [-0.25, -0.2) is 0 Å². The first-order valence-electron chi connectivity index (χ1n) is 7.83. The van der Waals surface area contributed by atoms with E-state index in [4.69, 9.17) is 9.47 Å². The van der Waals surface area contributed by atoms with Crippen LogP contribution in [0.25, 0.3) is 0 Å². The van der Waals surface area contributed by atoms with Crippen LogP contribution in [0.15, 0.2) is 0 Å². The monoisotopic (exact) mass is 296 g/mol. The van der Waals surface area contributed by atoms with Crippen molar-refractivity contribution in [3.05, 3.63) is 0 Å². The number of carbonyl (C=O) groups is 2. The molecule has 3 aliphatic rings. The molecular weight excluding hydrogens is 272 g/mol. The Hall–Kier alpha value is -1.14. The van der Waals surface area contributed by atoms with E-state index < -0.39 is 5.60 Å². The first-order chi connectivity index (χ1) is 10.1. The zero-order valence-electron chi connectivity index (χ0n) is 12.7. The van der Waals surface area contributed by atoms with E-state index in [-0.39, 0.29) is 11.8 Å². The lowest BCUT2D eigenvalue weighted by molar-refractivity contribution is -0.163. The maximum absolute atomic E-state index is 12.3. The molecule has 2 saturated heterocycles. The second-order valence-electron chi connectivity index (χ2n) is 6.49. The van der Waals surface area contributed by atoms with Crippen molar-refractivity contribution in [2.75, 3.05) is 46.0 Å². The van der Waals surface area contributed by atoms with E-state index in [1.54, 1.807) is 11.8 Å². The molecule has 2 aliphatic heterocycles. The fourth-order valence-electron chi connectivity index (χ4n) is 3.11. The van der Waals surface area contributed by atoms with E-state index in [2.05, 4.69) is 0 Å². The van der Waals surface area contributed by atoms with Crippen LogP contribution in [-0.4, -0.2) is 73.2 Å². The average molecular weight is 296 g/mol. The van der Waals surface area contributed by atoms with Crippen LogP contribution in [0.2, 0.25) is 0 Å². The maximum atomic E-state index is 12.3. The second-order valence-corrected chi connectivity index (χ2v) is 6.49. The standard InChI is InChI=1S/C15H24N2O4/c1-12(18)16-4-6-20-11-15(9-16)10-17(5-7-21-15)14(19)8-13-2-3-13/h13H,2-11H2,1H3. The van der Waals surface area contributed by atoms with Crippen LogP contribution >= 0.6 is 0 Å². The minimum absolute atomic E-state index is 0.0323. The Bertz CT molecular complexity index is 424. The van der Waals surface area contributed by atoms with Crippen LogP contribution in [-0.2, 0) is 19.1 Å². The normalized spacial score (nSPS) is 30.3. The van der Waals surface area contributed by atoms with E-state index in [1.165, 1.54) is 12.8 Å². The van der Waals surface area contributed by atoms with Gasteiger partial charge in [0.05, 0.1) is 32.9 Å². The smallest absolute Gasteiger partial charge is 0.223 e. The fraction of sp³-hybridized carbons (Fsp3) is 0.867. The predicted octanol–water partition coefficient (Wildman–Crippen LogP) is 0.263. The van der Waals surface area contributed by atoms with Gasteiger partial charge in [-0.15, -0.1) is 0 Å². The molecular formula is C15H24N2O4. The van der Waals surface area contributed by atoms with Gasteiger partial charge in [-0.05, 0) is 18.8 Å². The summed E-state index contributed by atoms with van der Waals surface area (Å²) in [4.78, 5) is 27.7. The number of ether oxygens (including phenoxy) is 2. The summed E-state index contributed by atoms with van der Waals surface area (Å²) in [6, 6.07) is 0. The van der Waals surface area contributed by atoms with Crippen molar-refractivity contribution < 1.29 is 19.1 Å². The van der Waals surface area contributed by atoms with Crippen LogP contribution < -0.4 is 0 Å². The Labute approximate surface area is 125 Å². The van der Waals surface area contributed by atoms with Crippen LogP contribution in [0, 0.1) is 5.92 Å². The number of morpholine rings is 1. The molecule has 6 nitrogen and oxygen atoms in total. The van der Waals surface area contributed by atoms with Crippen LogP contribution in [0.3, 0.4) is 0 Å². The van der Waals surface area contributed by atoms with E-state index in [0.717, 1.165) is 0 Å². The van der Waals surface area contributed by atoms with Gasteiger partial charge in [-0.1, -0.05) is 0 Å². The van der Waals surface area contributed by atoms with Crippen LogP contribution in [0.5, 0.6) is 0 Å². The topological polar surface area (TPSA) is 59.1 Å². The molecule has 1 atom stereocenters. The minimum atomic E-state index is -0.556. The van der Waals surface area contributed by atoms with Crippen molar-refractivity contribution in [1.29, 1.82) is 0 Å². The van der Waals surface area contributed by atoms with Gasteiger partial charge < -0.3 is 19.3 Å². The molecule has 0 aromatic rings. The molecule has 1 aliphatic carbocycles. The Morgan fingerprint density at radius 3 is 2.57 bits per heavy atom. The number of carbonyl (C=O) groups excluding carboxylic acids is 2. The van der Waals surface area contributed by atoms with Crippen LogP contribution in [0.1, 0.15) is 26.2 Å². The minimum Gasteiger partial charge on any atom is -0.376 e. The van der Waals surface area contributed by atoms with Gasteiger partial charge in [-0.3, -0.25) is 9.59 Å². The van der Waals surface area contributed by atoms with E-state index in [0.29, 0.717) is 58.3 Å². The number of amides is 2. The third kappa shape index (κ3) is 3.55. The lowest BCUT2D eigenvalue weighted by atomic mass is 10.0. The summed E-state index contributed by atoms with van der Waals surface area (Å²) < 4.78 is 11.6. The molecule has 3 fully saturated rings. The molecule has 118 valence electrons. The molecule has 2 amide bonds. The van der Waals surface area contributed by atoms with Gasteiger partial charge in [0.1, 0.15) is 5.60 Å². The maximum Gasteiger partial charge on any atom is 0.223 e. The quantitative estimate of drug-likeness (QED) is 0.733. The fourth-order valence-corrected chi connectivity index (χ4v) is 3.11. The SMILES string of the molecule is CC(=O)N1CCOCC2(C1)CN(C(=O)CC1CC1)CCO2. The molecule has 21 heavy (non-hydrogen) atoms. The van der Waals surface area contributed by atoms with Crippen molar-refractivity contribution in [1.82, 2.24) is 9.80 Å². The zero-order chi connectivity index (χ0) is 14.9. The van der Waals surface area contributed by atoms with Crippen molar-refractivity contribution in [3.63, 3.8) is 0 Å². The highest BCUT2D eigenvalue weighted by atomic mass is 16.5. The third-order valence-corrected chi connectivity index (χ3v) is 4.56. The Kier molecular flexibility index (Phi) is 4.17. The van der Waals surface area contributed by atoms with Crippen LogP contribution in [0.4, 0.5) is 0 Å². The van der Waals surface area contributed by atoms with Crippen molar-refractivity contribution in [2.45, 2.75) is 31.8 Å². The summed E-state index contributed by atoms with van der Waals surface area (Å²) in [5.74, 6) is 0.846. The summed E-state index contributed by atoms with van der Waals surface area (Å²) in [6.45, 7) is 5.34. The molecule has 1 spiro atoms. The lowest BCUT2D eigenvalue weighted by Gasteiger charge is -2.43. The van der Waals surface area contributed by atoms with Gasteiger partial charge in [0, 0.05) is 26.4 Å². The molecule has 0 aromatic carbocycles. The zero-order valence-corrected chi connectivity index (χ0v) is 12.7. The van der Waals surface area contributed by atoms with Gasteiger partial charge in [0.25, 0.3) is 0 Å². The third-order valence-electron chi connectivity index (χ3n) is 4.56. The Morgan fingerprint density at radius 1 is 1.14 bits per heavy atom. The van der Waals surface area contributed by atoms with Gasteiger partial charge in [0.2, 0.25) is 11.8 Å². The average Bonchev–Trinajstić information content (AvgIpc) is 3.27. The molecule has 3 rings (SSSR count). The highest BCUT2D eigenvalue weighted by molar-refractivity contribution is 5.77. The Balaban J connectivity index is 1.66. The van der Waals surface area contributed by atoms with Gasteiger partial charge in [0.15, 0.2) is 0 Å². The van der Waals surface area contributed by atoms with Crippen molar-refractivity contribution >= 4 is 11.8 Å². The number of nitrogens with zero attached hydrogens (tertiary/aromatic N) is 2. The van der Waals surface area contributed by atoms with Crippen molar-refractivity contribution in [2.24, 2.45) is 5.92 Å². The molecule has 0 bridgehead atoms. The second kappa shape index (κ2) is 5.93. The van der Waals surface area contributed by atoms with Gasteiger partial charge in [-0.2, -0.15) is 0 Å². The van der Waals surface area contributed by atoms with E-state index in [1.807, 2.05) is 4.90 Å². The number of hydrogen-bond acceptors (Lipinski definition) is 4. The summed E-state index contributed by atoms with van der Waals surface area (Å²) >= 11 is 0. The predicted molar refractivity (Wildman–Crippen MR) is 75.7 cm³/mol. The van der Waals surface area contributed by atoms with E-state index >= 15 is 0 Å². The summed E-state index contributed by atoms with van der Waals surface area (Å²) in [7, 11) is 0. The summed E-state index contributed by atoms with van der Waals surface area (Å²) in [5.41, 5.74) is -0.556. The summed E-state index contributed by atoms with van der Waals surface area (Å²) in [5, 5.41) is 0. The highest BCUT2D eigenvalue weighted by Gasteiger charge is 2.42.